The molecule has 0 aliphatic heterocycles. The van der Waals surface area contributed by atoms with E-state index in [9.17, 15) is 19.1 Å². The van der Waals surface area contributed by atoms with E-state index in [0.29, 0.717) is 21.1 Å². The standard InChI is InChI=1S/C18H13FN2O4S/c1-9-15(26-17(20-9)10-2-5-12(19)6-3-10)16(23)21-13-8-11(18(24)25)4-7-14(13)22/h2-8,22H,1H3,(H,21,23)(H,24,25). The third-order valence-corrected chi connectivity index (χ3v) is 4.79. The van der Waals surface area contributed by atoms with Crippen molar-refractivity contribution in [3.05, 3.63) is 64.4 Å². The summed E-state index contributed by atoms with van der Waals surface area (Å²) in [5.41, 5.74) is 1.08. The first-order chi connectivity index (χ1) is 12.3. The number of nitrogens with zero attached hydrogens (tertiary/aromatic N) is 1. The van der Waals surface area contributed by atoms with E-state index in [0.717, 1.165) is 11.3 Å². The van der Waals surface area contributed by atoms with Gasteiger partial charge in [0, 0.05) is 5.56 Å². The van der Waals surface area contributed by atoms with E-state index in [1.54, 1.807) is 19.1 Å². The first-order valence-electron chi connectivity index (χ1n) is 7.46. The monoisotopic (exact) mass is 372 g/mol. The van der Waals surface area contributed by atoms with E-state index in [4.69, 9.17) is 5.11 Å². The number of aryl methyl sites for hydroxylation is 1. The van der Waals surface area contributed by atoms with Gasteiger partial charge in [-0.15, -0.1) is 11.3 Å². The number of hydrogen-bond acceptors (Lipinski definition) is 5. The highest BCUT2D eigenvalue weighted by Crippen LogP contribution is 2.30. The lowest BCUT2D eigenvalue weighted by Gasteiger charge is -2.07. The Labute approximate surface area is 151 Å². The molecule has 6 nitrogen and oxygen atoms in total. The van der Waals surface area contributed by atoms with E-state index < -0.39 is 11.9 Å². The summed E-state index contributed by atoms with van der Waals surface area (Å²) in [6.45, 7) is 1.66. The maximum Gasteiger partial charge on any atom is 0.335 e. The van der Waals surface area contributed by atoms with Crippen LogP contribution in [0.25, 0.3) is 10.6 Å². The summed E-state index contributed by atoms with van der Waals surface area (Å²) in [5.74, 6) is -2.31. The molecular weight excluding hydrogens is 359 g/mol. The van der Waals surface area contributed by atoms with Gasteiger partial charge in [0.1, 0.15) is 21.5 Å². The number of benzene rings is 2. The molecule has 0 fully saturated rings. The molecule has 26 heavy (non-hydrogen) atoms. The predicted octanol–water partition coefficient (Wildman–Crippen LogP) is 3.91. The summed E-state index contributed by atoms with van der Waals surface area (Å²) >= 11 is 1.12. The number of aromatic carboxylic acids is 1. The van der Waals surface area contributed by atoms with Crippen molar-refractivity contribution in [1.82, 2.24) is 4.98 Å². The Morgan fingerprint density at radius 2 is 1.85 bits per heavy atom. The topological polar surface area (TPSA) is 99.5 Å². The van der Waals surface area contributed by atoms with Gasteiger partial charge in [-0.25, -0.2) is 14.2 Å². The third kappa shape index (κ3) is 3.55. The smallest absolute Gasteiger partial charge is 0.335 e. The van der Waals surface area contributed by atoms with Crippen LogP contribution in [0.4, 0.5) is 10.1 Å². The molecule has 3 rings (SSSR count). The van der Waals surface area contributed by atoms with Crippen LogP contribution in [-0.2, 0) is 0 Å². The zero-order chi connectivity index (χ0) is 18.8. The first-order valence-corrected chi connectivity index (χ1v) is 8.28. The molecule has 0 radical (unpaired) electrons. The van der Waals surface area contributed by atoms with Gasteiger partial charge in [-0.05, 0) is 49.4 Å². The van der Waals surface area contributed by atoms with Crippen molar-refractivity contribution in [2.24, 2.45) is 0 Å². The lowest BCUT2D eigenvalue weighted by molar-refractivity contribution is 0.0696. The Hall–Kier alpha value is -3.26. The number of hydrogen-bond donors (Lipinski definition) is 3. The molecule has 1 amide bonds. The maximum absolute atomic E-state index is 13.0. The molecule has 1 aromatic heterocycles. The average Bonchev–Trinajstić information content (AvgIpc) is 2.99. The molecule has 8 heteroatoms. The Bertz CT molecular complexity index is 999. The van der Waals surface area contributed by atoms with Crippen LogP contribution >= 0.6 is 11.3 Å². The van der Waals surface area contributed by atoms with Crippen LogP contribution in [0.15, 0.2) is 42.5 Å². The largest absolute Gasteiger partial charge is 0.506 e. The molecule has 3 N–H and O–H groups in total. The number of anilines is 1. The minimum absolute atomic E-state index is 0.00830. The molecule has 0 spiro atoms. The zero-order valence-electron chi connectivity index (χ0n) is 13.5. The number of rotatable bonds is 4. The molecule has 132 valence electrons. The zero-order valence-corrected chi connectivity index (χ0v) is 14.3. The molecular formula is C18H13FN2O4S. The lowest BCUT2D eigenvalue weighted by atomic mass is 10.2. The van der Waals surface area contributed by atoms with Crippen molar-refractivity contribution in [2.45, 2.75) is 6.92 Å². The summed E-state index contributed by atoms with van der Waals surface area (Å²) in [4.78, 5) is 28.2. The number of amides is 1. The molecule has 0 atom stereocenters. The quantitative estimate of drug-likeness (QED) is 0.603. The summed E-state index contributed by atoms with van der Waals surface area (Å²) in [6, 6.07) is 9.35. The normalized spacial score (nSPS) is 10.5. The third-order valence-electron chi connectivity index (χ3n) is 3.59. The second-order valence-corrected chi connectivity index (χ2v) is 6.43. The van der Waals surface area contributed by atoms with Gasteiger partial charge < -0.3 is 15.5 Å². The number of carboxylic acid groups (broad SMARTS) is 1. The van der Waals surface area contributed by atoms with Gasteiger partial charge in [-0.2, -0.15) is 0 Å². The van der Waals surface area contributed by atoms with Gasteiger partial charge in [-0.3, -0.25) is 4.79 Å². The summed E-state index contributed by atoms with van der Waals surface area (Å²) in [5, 5.41) is 21.9. The summed E-state index contributed by atoms with van der Waals surface area (Å²) in [6.07, 6.45) is 0. The second kappa shape index (κ2) is 6.93. The molecule has 0 saturated heterocycles. The number of carboxylic acids is 1. The van der Waals surface area contributed by atoms with E-state index >= 15 is 0 Å². The number of halogens is 1. The molecule has 0 bridgehead atoms. The maximum atomic E-state index is 13.0. The molecule has 0 aliphatic rings. The van der Waals surface area contributed by atoms with Gasteiger partial charge in [0.25, 0.3) is 5.91 Å². The Morgan fingerprint density at radius 3 is 2.50 bits per heavy atom. The molecule has 0 saturated carbocycles. The van der Waals surface area contributed by atoms with E-state index in [1.807, 2.05) is 0 Å². The van der Waals surface area contributed by atoms with Crippen LogP contribution in [0.3, 0.4) is 0 Å². The number of thiazole rings is 1. The van der Waals surface area contributed by atoms with Crippen molar-refractivity contribution in [1.29, 1.82) is 0 Å². The number of carbonyl (C=O) groups excluding carboxylic acids is 1. The van der Waals surface area contributed by atoms with Crippen LogP contribution in [0.1, 0.15) is 25.7 Å². The van der Waals surface area contributed by atoms with Crippen molar-refractivity contribution in [3.63, 3.8) is 0 Å². The molecule has 1 heterocycles. The van der Waals surface area contributed by atoms with Gasteiger partial charge in [0.2, 0.25) is 0 Å². The first kappa shape index (κ1) is 17.6. The predicted molar refractivity (Wildman–Crippen MR) is 95.3 cm³/mol. The minimum atomic E-state index is -1.17. The van der Waals surface area contributed by atoms with Crippen LogP contribution in [0.2, 0.25) is 0 Å². The minimum Gasteiger partial charge on any atom is -0.506 e. The van der Waals surface area contributed by atoms with Gasteiger partial charge in [0.05, 0.1) is 16.9 Å². The van der Waals surface area contributed by atoms with Gasteiger partial charge >= 0.3 is 5.97 Å². The van der Waals surface area contributed by atoms with Crippen LogP contribution in [-0.4, -0.2) is 27.1 Å². The Kier molecular flexibility index (Phi) is 4.68. The van der Waals surface area contributed by atoms with Gasteiger partial charge in [0.15, 0.2) is 0 Å². The highest BCUT2D eigenvalue weighted by atomic mass is 32.1. The highest BCUT2D eigenvalue weighted by molar-refractivity contribution is 7.17. The molecule has 0 aliphatic carbocycles. The number of aromatic nitrogens is 1. The van der Waals surface area contributed by atoms with Crippen molar-refractivity contribution in [2.75, 3.05) is 5.32 Å². The van der Waals surface area contributed by atoms with Crippen molar-refractivity contribution >= 4 is 28.9 Å². The average molecular weight is 372 g/mol. The summed E-state index contributed by atoms with van der Waals surface area (Å²) in [7, 11) is 0. The SMILES string of the molecule is Cc1nc(-c2ccc(F)cc2)sc1C(=O)Nc1cc(C(=O)O)ccc1O. The highest BCUT2D eigenvalue weighted by Gasteiger charge is 2.18. The summed E-state index contributed by atoms with van der Waals surface area (Å²) < 4.78 is 13.0. The number of nitrogens with one attached hydrogen (secondary N) is 1. The molecule has 2 aromatic carbocycles. The fourth-order valence-electron chi connectivity index (χ4n) is 2.27. The Morgan fingerprint density at radius 1 is 1.15 bits per heavy atom. The number of phenolic OH excluding ortho intramolecular Hbond substituents is 1. The fourth-order valence-corrected chi connectivity index (χ4v) is 3.24. The van der Waals surface area contributed by atoms with Crippen LogP contribution in [0, 0.1) is 12.7 Å². The second-order valence-electron chi connectivity index (χ2n) is 5.43. The van der Waals surface area contributed by atoms with Crippen LogP contribution in [0.5, 0.6) is 5.75 Å². The fraction of sp³-hybridized carbons (Fsp3) is 0.0556. The van der Waals surface area contributed by atoms with E-state index in [-0.39, 0.29) is 22.8 Å². The van der Waals surface area contributed by atoms with E-state index in [1.165, 1.54) is 30.3 Å². The Balaban J connectivity index is 1.88. The molecule has 3 aromatic rings. The number of phenols is 1. The van der Waals surface area contributed by atoms with Gasteiger partial charge in [-0.1, -0.05) is 0 Å². The number of carbonyl (C=O) groups is 2. The molecule has 0 unspecified atom stereocenters. The van der Waals surface area contributed by atoms with E-state index in [2.05, 4.69) is 10.3 Å². The lowest BCUT2D eigenvalue weighted by Crippen LogP contribution is -2.12. The number of aromatic hydroxyl groups is 1. The van der Waals surface area contributed by atoms with Crippen molar-refractivity contribution < 1.29 is 24.2 Å². The van der Waals surface area contributed by atoms with Crippen LogP contribution < -0.4 is 5.32 Å². The van der Waals surface area contributed by atoms with Crippen molar-refractivity contribution in [3.8, 4) is 16.3 Å².